The van der Waals surface area contributed by atoms with Crippen LogP contribution in [0.25, 0.3) is 11.6 Å². The molecule has 5 rings (SSSR count). The van der Waals surface area contributed by atoms with E-state index in [0.29, 0.717) is 24.6 Å². The molecule has 7 heteroatoms. The molecule has 182 valence electrons. The highest BCUT2D eigenvalue weighted by Crippen LogP contribution is 2.43. The zero-order valence-electron chi connectivity index (χ0n) is 19.1. The van der Waals surface area contributed by atoms with Crippen molar-refractivity contribution in [1.29, 1.82) is 0 Å². The van der Waals surface area contributed by atoms with Gasteiger partial charge in [-0.25, -0.2) is 8.78 Å². The molecule has 2 aliphatic heterocycles. The lowest BCUT2D eigenvalue weighted by Crippen LogP contribution is -2.42. The third-order valence-electron chi connectivity index (χ3n) is 6.52. The van der Waals surface area contributed by atoms with Crippen LogP contribution in [0.5, 0.6) is 23.0 Å². The van der Waals surface area contributed by atoms with Crippen LogP contribution in [0.2, 0.25) is 0 Å². The Hall–Kier alpha value is -3.58. The summed E-state index contributed by atoms with van der Waals surface area (Å²) in [6, 6.07) is 18.2. The van der Waals surface area contributed by atoms with Gasteiger partial charge in [-0.2, -0.15) is 0 Å². The molecule has 1 saturated heterocycles. The number of hydrogen-bond donors (Lipinski definition) is 2. The van der Waals surface area contributed by atoms with Crippen molar-refractivity contribution in [3.63, 3.8) is 0 Å². The predicted octanol–water partition coefficient (Wildman–Crippen LogP) is 5.88. The van der Waals surface area contributed by atoms with Crippen LogP contribution >= 0.6 is 0 Å². The van der Waals surface area contributed by atoms with Crippen molar-refractivity contribution in [2.75, 3.05) is 19.7 Å². The van der Waals surface area contributed by atoms with Gasteiger partial charge in [0.15, 0.2) is 0 Å². The maximum atomic E-state index is 13.6. The molecule has 3 aromatic carbocycles. The van der Waals surface area contributed by atoms with Crippen LogP contribution in [0.1, 0.15) is 35.6 Å². The summed E-state index contributed by atoms with van der Waals surface area (Å²) in [7, 11) is 0. The first-order valence-electron chi connectivity index (χ1n) is 11.7. The van der Waals surface area contributed by atoms with Crippen LogP contribution < -0.4 is 9.47 Å². The van der Waals surface area contributed by atoms with Gasteiger partial charge >= 0.3 is 0 Å². The average molecular weight is 480 g/mol. The van der Waals surface area contributed by atoms with Crippen LogP contribution in [0.3, 0.4) is 0 Å². The highest BCUT2D eigenvalue weighted by molar-refractivity contribution is 5.88. The number of likely N-dealkylation sites (tertiary alicyclic amines) is 1. The first-order chi connectivity index (χ1) is 17.0. The molecule has 1 fully saturated rings. The molecule has 3 aromatic rings. The molecule has 0 aliphatic carbocycles. The summed E-state index contributed by atoms with van der Waals surface area (Å²) < 4.78 is 39.2. The zero-order chi connectivity index (χ0) is 24.4. The molecular weight excluding hydrogens is 452 g/mol. The van der Waals surface area contributed by atoms with E-state index in [0.717, 1.165) is 35.1 Å². The average Bonchev–Trinajstić information content (AvgIpc) is 3.38. The molecule has 2 aliphatic rings. The molecule has 35 heavy (non-hydrogen) atoms. The Kier molecular flexibility index (Phi) is 6.59. The lowest BCUT2D eigenvalue weighted by atomic mass is 9.91. The van der Waals surface area contributed by atoms with E-state index in [1.807, 2.05) is 24.3 Å². The zero-order valence-corrected chi connectivity index (χ0v) is 19.1. The molecule has 2 heterocycles. The lowest BCUT2D eigenvalue weighted by Gasteiger charge is -2.29. The fourth-order valence-corrected chi connectivity index (χ4v) is 4.69. The van der Waals surface area contributed by atoms with E-state index >= 15 is 0 Å². The van der Waals surface area contributed by atoms with Crippen molar-refractivity contribution >= 4 is 11.6 Å². The summed E-state index contributed by atoms with van der Waals surface area (Å²) >= 11 is 0. The molecule has 2 atom stereocenters. The first kappa shape index (κ1) is 23.2. The van der Waals surface area contributed by atoms with E-state index in [-0.39, 0.29) is 18.1 Å². The summed E-state index contributed by atoms with van der Waals surface area (Å²) in [5, 5.41) is 19.9. The molecule has 0 bridgehead atoms. The fraction of sp³-hybridized carbons (Fsp3) is 0.286. The van der Waals surface area contributed by atoms with Crippen molar-refractivity contribution < 1.29 is 28.5 Å². The number of halogens is 2. The van der Waals surface area contributed by atoms with E-state index in [9.17, 15) is 19.0 Å². The number of alkyl halides is 2. The van der Waals surface area contributed by atoms with E-state index in [1.54, 1.807) is 53.4 Å². The minimum absolute atomic E-state index is 0.0672. The molecular formula is C28H27F2NO4. The summed E-state index contributed by atoms with van der Waals surface area (Å²) in [4.78, 5) is 1.80. The molecule has 0 radical (unpaired) electrons. The van der Waals surface area contributed by atoms with Gasteiger partial charge in [-0.3, -0.25) is 4.90 Å². The van der Waals surface area contributed by atoms with Gasteiger partial charge in [0.25, 0.3) is 6.43 Å². The molecule has 2 N–H and O–H groups in total. The van der Waals surface area contributed by atoms with Gasteiger partial charge in [-0.05, 0) is 85.6 Å². The first-order valence-corrected chi connectivity index (χ1v) is 11.7. The number of hydrogen-bond acceptors (Lipinski definition) is 5. The number of nitrogens with zero attached hydrogens (tertiary/aromatic N) is 1. The third-order valence-corrected chi connectivity index (χ3v) is 6.52. The molecule has 5 nitrogen and oxygen atoms in total. The number of ether oxygens (including phenoxy) is 2. The monoisotopic (exact) mass is 479 g/mol. The SMILES string of the molecule is Oc1cccc(C2=Cc3cc(O)ccc3OC2c2ccc(OCC(C(F)F)N3CCCC3)cc2)c1. The molecule has 0 amide bonds. The van der Waals surface area contributed by atoms with Gasteiger partial charge in [-0.15, -0.1) is 0 Å². The van der Waals surface area contributed by atoms with Crippen molar-refractivity contribution in [2.24, 2.45) is 0 Å². The summed E-state index contributed by atoms with van der Waals surface area (Å²) in [6.45, 7) is 1.29. The Bertz CT molecular complexity index is 1210. The summed E-state index contributed by atoms with van der Waals surface area (Å²) in [6.07, 6.45) is 0.888. The Morgan fingerprint density at radius 2 is 1.69 bits per heavy atom. The summed E-state index contributed by atoms with van der Waals surface area (Å²) in [5.74, 6) is 1.42. The second-order valence-electron chi connectivity index (χ2n) is 8.89. The molecule has 2 unspecified atom stereocenters. The Morgan fingerprint density at radius 3 is 2.40 bits per heavy atom. The van der Waals surface area contributed by atoms with E-state index in [1.165, 1.54) is 0 Å². The topological polar surface area (TPSA) is 62.2 Å². The maximum Gasteiger partial charge on any atom is 0.257 e. The van der Waals surface area contributed by atoms with Gasteiger partial charge in [0.1, 0.15) is 41.8 Å². The third kappa shape index (κ3) is 5.10. The van der Waals surface area contributed by atoms with Crippen molar-refractivity contribution in [3.8, 4) is 23.0 Å². The van der Waals surface area contributed by atoms with Crippen LogP contribution in [0.4, 0.5) is 8.78 Å². The normalized spacial score (nSPS) is 18.6. The van der Waals surface area contributed by atoms with Gasteiger partial charge in [0, 0.05) is 11.1 Å². The van der Waals surface area contributed by atoms with Crippen molar-refractivity contribution in [1.82, 2.24) is 4.90 Å². The van der Waals surface area contributed by atoms with Crippen LogP contribution in [-0.4, -0.2) is 47.3 Å². The van der Waals surface area contributed by atoms with Gasteiger partial charge in [0.2, 0.25) is 0 Å². The van der Waals surface area contributed by atoms with Crippen molar-refractivity contribution in [3.05, 3.63) is 83.4 Å². The molecule has 0 saturated carbocycles. The lowest BCUT2D eigenvalue weighted by molar-refractivity contribution is 0.0115. The van der Waals surface area contributed by atoms with E-state index < -0.39 is 18.6 Å². The van der Waals surface area contributed by atoms with E-state index in [2.05, 4.69) is 0 Å². The second-order valence-corrected chi connectivity index (χ2v) is 8.89. The smallest absolute Gasteiger partial charge is 0.257 e. The molecule has 0 aromatic heterocycles. The molecule has 0 spiro atoms. The number of fused-ring (bicyclic) bond motifs is 1. The number of rotatable bonds is 7. The minimum atomic E-state index is -2.46. The quantitative estimate of drug-likeness (QED) is 0.443. The van der Waals surface area contributed by atoms with Crippen LogP contribution in [0.15, 0.2) is 66.7 Å². The second kappa shape index (κ2) is 9.96. The Labute approximate surface area is 202 Å². The number of benzene rings is 3. The van der Waals surface area contributed by atoms with Crippen LogP contribution in [0, 0.1) is 0 Å². The van der Waals surface area contributed by atoms with Gasteiger partial charge in [0.05, 0.1) is 0 Å². The highest BCUT2D eigenvalue weighted by atomic mass is 19.3. The summed E-state index contributed by atoms with van der Waals surface area (Å²) in [5.41, 5.74) is 3.18. The Morgan fingerprint density at radius 1 is 0.943 bits per heavy atom. The van der Waals surface area contributed by atoms with Crippen LogP contribution in [-0.2, 0) is 0 Å². The Balaban J connectivity index is 1.38. The minimum Gasteiger partial charge on any atom is -0.508 e. The number of phenols is 2. The highest BCUT2D eigenvalue weighted by Gasteiger charge is 2.30. The predicted molar refractivity (Wildman–Crippen MR) is 130 cm³/mol. The van der Waals surface area contributed by atoms with Crippen molar-refractivity contribution in [2.45, 2.75) is 31.4 Å². The fourth-order valence-electron chi connectivity index (χ4n) is 4.69. The maximum absolute atomic E-state index is 13.6. The number of aromatic hydroxyl groups is 2. The van der Waals surface area contributed by atoms with Gasteiger partial charge in [-0.1, -0.05) is 24.3 Å². The van der Waals surface area contributed by atoms with E-state index in [4.69, 9.17) is 9.47 Å². The largest absolute Gasteiger partial charge is 0.508 e. The standard InChI is InChI=1S/C28H27F2NO4/c29-28(30)25(31-12-1-2-13-31)17-34-23-9-6-18(7-10-23)27-24(19-4-3-5-21(32)14-19)16-20-15-22(33)8-11-26(20)35-27/h3-11,14-16,25,27-28,32-33H,1-2,12-13,17H2. The number of phenolic OH excluding ortho intramolecular Hbond substituents is 2. The van der Waals surface area contributed by atoms with Gasteiger partial charge < -0.3 is 19.7 Å².